The van der Waals surface area contributed by atoms with Gasteiger partial charge in [-0.1, -0.05) is 0 Å². The van der Waals surface area contributed by atoms with Crippen molar-refractivity contribution < 1.29 is 23.4 Å². The molecule has 1 aromatic heterocycles. The minimum absolute atomic E-state index is 0.130. The van der Waals surface area contributed by atoms with E-state index in [1.54, 1.807) is 50.6 Å². The molecule has 7 nitrogen and oxygen atoms in total. The first-order chi connectivity index (χ1) is 13.7. The fourth-order valence-corrected chi connectivity index (χ4v) is 3.14. The highest BCUT2D eigenvalue weighted by molar-refractivity contribution is 5.83. The highest BCUT2D eigenvalue weighted by Crippen LogP contribution is 2.32. The van der Waals surface area contributed by atoms with Gasteiger partial charge >= 0.3 is 0 Å². The van der Waals surface area contributed by atoms with Crippen molar-refractivity contribution in [1.29, 1.82) is 0 Å². The van der Waals surface area contributed by atoms with Gasteiger partial charge in [0.25, 0.3) is 0 Å². The van der Waals surface area contributed by atoms with Crippen molar-refractivity contribution in [3.05, 3.63) is 58.4 Å². The van der Waals surface area contributed by atoms with Gasteiger partial charge in [-0.3, -0.25) is 9.69 Å². The maximum Gasteiger partial charge on any atom is 0.235 e. The lowest BCUT2D eigenvalue weighted by Crippen LogP contribution is -2.34. The van der Waals surface area contributed by atoms with Crippen molar-refractivity contribution in [2.24, 2.45) is 0 Å². The lowest BCUT2D eigenvalue weighted by Gasteiger charge is -2.28. The normalized spacial score (nSPS) is 13.8. The molecular formula is C21H21NO6. The molecule has 0 saturated carbocycles. The van der Waals surface area contributed by atoms with Crippen LogP contribution >= 0.6 is 0 Å². The fraction of sp³-hybridized carbons (Fsp3) is 0.286. The Hall–Kier alpha value is -3.03. The molecular weight excluding hydrogens is 362 g/mol. The predicted molar refractivity (Wildman–Crippen MR) is 103 cm³/mol. The first-order valence-corrected chi connectivity index (χ1v) is 8.93. The Bertz CT molecular complexity index is 1030. The highest BCUT2D eigenvalue weighted by atomic mass is 16.5. The van der Waals surface area contributed by atoms with Crippen LogP contribution in [0.5, 0.6) is 23.0 Å². The van der Waals surface area contributed by atoms with E-state index in [4.69, 9.17) is 23.4 Å². The highest BCUT2D eigenvalue weighted by Gasteiger charge is 2.22. The first kappa shape index (κ1) is 18.3. The summed E-state index contributed by atoms with van der Waals surface area (Å²) >= 11 is 0. The third-order valence-corrected chi connectivity index (χ3v) is 4.65. The summed E-state index contributed by atoms with van der Waals surface area (Å²) in [6.45, 7) is 2.44. The van der Waals surface area contributed by atoms with E-state index in [1.807, 2.05) is 0 Å². The largest absolute Gasteiger partial charge is 0.497 e. The number of fused-ring (bicyclic) bond motifs is 3. The average Bonchev–Trinajstić information content (AvgIpc) is 2.74. The molecule has 0 spiro atoms. The molecule has 0 atom stereocenters. The molecule has 2 heterocycles. The second-order valence-corrected chi connectivity index (χ2v) is 6.44. The van der Waals surface area contributed by atoms with Gasteiger partial charge in [0.2, 0.25) is 11.2 Å². The summed E-state index contributed by atoms with van der Waals surface area (Å²) in [5.41, 5.74) is 1.15. The molecule has 0 radical (unpaired) electrons. The van der Waals surface area contributed by atoms with Crippen molar-refractivity contribution >= 4 is 11.0 Å². The molecule has 146 valence electrons. The van der Waals surface area contributed by atoms with Crippen molar-refractivity contribution in [3.8, 4) is 23.0 Å². The molecule has 0 bridgehead atoms. The van der Waals surface area contributed by atoms with E-state index in [0.29, 0.717) is 42.4 Å². The summed E-state index contributed by atoms with van der Waals surface area (Å²) in [7, 11) is 3.26. The van der Waals surface area contributed by atoms with Crippen LogP contribution in [0, 0.1) is 0 Å². The molecule has 0 fully saturated rings. The van der Waals surface area contributed by atoms with E-state index in [0.717, 1.165) is 17.9 Å². The zero-order chi connectivity index (χ0) is 19.5. The third kappa shape index (κ3) is 3.54. The Morgan fingerprint density at radius 1 is 1.07 bits per heavy atom. The molecule has 28 heavy (non-hydrogen) atoms. The topological polar surface area (TPSA) is 70.4 Å². The van der Waals surface area contributed by atoms with Gasteiger partial charge in [0.05, 0.1) is 24.7 Å². The Kier molecular flexibility index (Phi) is 5.18. The number of methoxy groups -OCH3 is 2. The number of benzene rings is 2. The Balaban J connectivity index is 1.65. The van der Waals surface area contributed by atoms with Gasteiger partial charge in [-0.05, 0) is 36.4 Å². The third-order valence-electron chi connectivity index (χ3n) is 4.65. The van der Waals surface area contributed by atoms with E-state index in [-0.39, 0.29) is 11.2 Å². The Labute approximate surface area is 162 Å². The van der Waals surface area contributed by atoms with Gasteiger partial charge in [0.15, 0.2) is 0 Å². The van der Waals surface area contributed by atoms with Crippen molar-refractivity contribution in [3.63, 3.8) is 0 Å². The maximum atomic E-state index is 12.9. The van der Waals surface area contributed by atoms with E-state index in [2.05, 4.69) is 4.90 Å². The summed E-state index contributed by atoms with van der Waals surface area (Å²) in [6.07, 6.45) is 1.35. The summed E-state index contributed by atoms with van der Waals surface area (Å²) in [4.78, 5) is 15.0. The maximum absolute atomic E-state index is 12.9. The molecule has 4 rings (SSSR count). The number of hydrogen-bond donors (Lipinski definition) is 0. The Morgan fingerprint density at radius 3 is 2.61 bits per heavy atom. The molecule has 0 aliphatic carbocycles. The second kappa shape index (κ2) is 7.92. The molecule has 0 amide bonds. The zero-order valence-corrected chi connectivity index (χ0v) is 15.8. The van der Waals surface area contributed by atoms with Gasteiger partial charge in [-0.25, -0.2) is 0 Å². The zero-order valence-electron chi connectivity index (χ0n) is 15.8. The number of rotatable bonds is 6. The molecule has 1 aliphatic rings. The average molecular weight is 383 g/mol. The molecule has 3 aromatic rings. The number of hydrogen-bond acceptors (Lipinski definition) is 7. The summed E-state index contributed by atoms with van der Waals surface area (Å²) < 4.78 is 27.6. The quantitative estimate of drug-likeness (QED) is 0.646. The van der Waals surface area contributed by atoms with Crippen LogP contribution in [0.1, 0.15) is 5.56 Å². The molecule has 0 unspecified atom stereocenters. The first-order valence-electron chi connectivity index (χ1n) is 8.93. The summed E-state index contributed by atoms with van der Waals surface area (Å²) in [5, 5.41) is 0.460. The number of nitrogens with zero attached hydrogens (tertiary/aromatic N) is 1. The smallest absolute Gasteiger partial charge is 0.235 e. The summed E-state index contributed by atoms with van der Waals surface area (Å²) in [6, 6.07) is 10.5. The van der Waals surface area contributed by atoms with Gasteiger partial charge in [-0.15, -0.1) is 0 Å². The van der Waals surface area contributed by atoms with Crippen LogP contribution in [0.2, 0.25) is 0 Å². The van der Waals surface area contributed by atoms with Crippen LogP contribution in [0.4, 0.5) is 0 Å². The van der Waals surface area contributed by atoms with Crippen molar-refractivity contribution in [1.82, 2.24) is 4.90 Å². The minimum atomic E-state index is -0.228. The molecule has 2 aromatic carbocycles. The SMILES string of the molecule is COCCN1COc2ccc3c(=O)c(Oc4ccc(OC)cc4)coc3c2C1. The molecule has 0 saturated heterocycles. The minimum Gasteiger partial charge on any atom is -0.497 e. The van der Waals surface area contributed by atoms with Crippen LogP contribution in [0.3, 0.4) is 0 Å². The van der Waals surface area contributed by atoms with E-state index in [1.165, 1.54) is 6.26 Å². The standard InChI is InChI=1S/C21H21NO6/c1-24-10-9-22-11-17-18(27-13-22)8-7-16-20(23)19(12-26-21(16)17)28-15-5-3-14(25-2)4-6-15/h3-8,12H,9-11,13H2,1-2H3. The lowest BCUT2D eigenvalue weighted by molar-refractivity contribution is 0.0658. The van der Waals surface area contributed by atoms with Crippen molar-refractivity contribution in [2.45, 2.75) is 6.54 Å². The van der Waals surface area contributed by atoms with Crippen molar-refractivity contribution in [2.75, 3.05) is 34.1 Å². The predicted octanol–water partition coefficient (Wildman–Crippen LogP) is 3.39. The van der Waals surface area contributed by atoms with Crippen LogP contribution in [0.25, 0.3) is 11.0 Å². The van der Waals surface area contributed by atoms with Crippen LogP contribution in [0.15, 0.2) is 51.9 Å². The van der Waals surface area contributed by atoms with Crippen LogP contribution < -0.4 is 19.6 Å². The molecule has 0 N–H and O–H groups in total. The van der Waals surface area contributed by atoms with Gasteiger partial charge < -0.3 is 23.4 Å². The van der Waals surface area contributed by atoms with Gasteiger partial charge in [-0.2, -0.15) is 0 Å². The van der Waals surface area contributed by atoms with Gasteiger partial charge in [0.1, 0.15) is 35.8 Å². The van der Waals surface area contributed by atoms with Gasteiger partial charge in [0, 0.05) is 20.2 Å². The summed E-state index contributed by atoms with van der Waals surface area (Å²) in [5.74, 6) is 2.10. The van der Waals surface area contributed by atoms with Crippen LogP contribution in [-0.2, 0) is 11.3 Å². The molecule has 1 aliphatic heterocycles. The van der Waals surface area contributed by atoms with E-state index >= 15 is 0 Å². The van der Waals surface area contributed by atoms with E-state index in [9.17, 15) is 4.79 Å². The second-order valence-electron chi connectivity index (χ2n) is 6.44. The number of ether oxygens (including phenoxy) is 4. The molecule has 7 heteroatoms. The lowest BCUT2D eigenvalue weighted by atomic mass is 10.1. The fourth-order valence-electron chi connectivity index (χ4n) is 3.14. The van der Waals surface area contributed by atoms with E-state index < -0.39 is 0 Å². The Morgan fingerprint density at radius 2 is 1.86 bits per heavy atom. The van der Waals surface area contributed by atoms with Crippen LogP contribution in [-0.4, -0.2) is 39.0 Å². The monoisotopic (exact) mass is 383 g/mol.